The Kier molecular flexibility index (Phi) is 3.14. The molecule has 0 saturated carbocycles. The highest BCUT2D eigenvalue weighted by Gasteiger charge is 2.53. The van der Waals surface area contributed by atoms with Gasteiger partial charge in [-0.05, 0) is 26.1 Å². The Hall–Kier alpha value is -1.62. The number of carbonyl (C=O) groups excluding carboxylic acids is 1. The highest BCUT2D eigenvalue weighted by Crippen LogP contribution is 2.41. The smallest absolute Gasteiger partial charge is 0.228 e. The molecular weight excluding hydrogens is 242 g/mol. The zero-order chi connectivity index (χ0) is 13.3. The first-order chi connectivity index (χ1) is 9.21. The summed E-state index contributed by atoms with van der Waals surface area (Å²) >= 11 is 0. The van der Waals surface area contributed by atoms with Crippen molar-refractivity contribution in [1.29, 1.82) is 0 Å². The monoisotopic (exact) mass is 261 g/mol. The van der Waals surface area contributed by atoms with Crippen molar-refractivity contribution >= 4 is 5.91 Å². The lowest BCUT2D eigenvalue weighted by atomic mass is 9.77. The van der Waals surface area contributed by atoms with E-state index in [1.54, 1.807) is 6.20 Å². The molecule has 5 nitrogen and oxygen atoms in total. The van der Waals surface area contributed by atoms with Crippen molar-refractivity contribution in [3.8, 4) is 5.88 Å². The van der Waals surface area contributed by atoms with Gasteiger partial charge in [0.1, 0.15) is 0 Å². The van der Waals surface area contributed by atoms with Crippen LogP contribution >= 0.6 is 0 Å². The molecule has 1 spiro atoms. The van der Waals surface area contributed by atoms with Crippen LogP contribution in [0.15, 0.2) is 24.4 Å². The summed E-state index contributed by atoms with van der Waals surface area (Å²) < 4.78 is 5.74. The largest absolute Gasteiger partial charge is 0.477 e. The van der Waals surface area contributed by atoms with Crippen LogP contribution in [0.2, 0.25) is 0 Å². The van der Waals surface area contributed by atoms with Gasteiger partial charge in [-0.25, -0.2) is 4.98 Å². The quantitative estimate of drug-likeness (QED) is 0.862. The van der Waals surface area contributed by atoms with E-state index in [9.17, 15) is 4.79 Å². The molecule has 0 unspecified atom stereocenters. The molecular formula is C14H19N3O2. The van der Waals surface area contributed by atoms with Crippen molar-refractivity contribution in [2.75, 3.05) is 33.3 Å². The highest BCUT2D eigenvalue weighted by atomic mass is 16.5. The van der Waals surface area contributed by atoms with E-state index in [1.807, 2.05) is 18.2 Å². The first-order valence-corrected chi connectivity index (χ1v) is 6.71. The average Bonchev–Trinajstić information content (AvgIpc) is 2.95. The zero-order valence-electron chi connectivity index (χ0n) is 11.1. The fourth-order valence-electron chi connectivity index (χ4n) is 3.16. The summed E-state index contributed by atoms with van der Waals surface area (Å²) in [5.74, 6) is 1.04. The minimum absolute atomic E-state index is 0.187. The molecule has 102 valence electrons. The van der Waals surface area contributed by atoms with E-state index in [1.165, 1.54) is 0 Å². The summed E-state index contributed by atoms with van der Waals surface area (Å²) in [4.78, 5) is 18.5. The predicted octanol–water partition coefficient (Wildman–Crippen LogP) is 0.528. The second kappa shape index (κ2) is 4.81. The molecule has 3 heterocycles. The van der Waals surface area contributed by atoms with E-state index in [-0.39, 0.29) is 17.2 Å². The topological polar surface area (TPSA) is 54.5 Å². The van der Waals surface area contributed by atoms with Crippen LogP contribution in [0.1, 0.15) is 6.42 Å². The molecule has 2 fully saturated rings. The fraction of sp³-hybridized carbons (Fsp3) is 0.571. The van der Waals surface area contributed by atoms with Gasteiger partial charge in [0.2, 0.25) is 11.8 Å². The Bertz CT molecular complexity index is 465. The molecule has 2 aliphatic rings. The molecule has 0 radical (unpaired) electrons. The van der Waals surface area contributed by atoms with Gasteiger partial charge in [0.15, 0.2) is 0 Å². The van der Waals surface area contributed by atoms with E-state index in [4.69, 9.17) is 4.74 Å². The standard InChI is InChI=1S/C14H19N3O2/c1-17-7-5-14(10-17)11(8-16-13(14)18)9-19-12-4-2-3-6-15-12/h2-4,6,11H,5,7-10H2,1H3,(H,16,18)/t11-,14+/m1/s1. The van der Waals surface area contributed by atoms with E-state index in [0.29, 0.717) is 19.0 Å². The van der Waals surface area contributed by atoms with Gasteiger partial charge in [0.25, 0.3) is 0 Å². The Balaban J connectivity index is 1.69. The van der Waals surface area contributed by atoms with Crippen molar-refractivity contribution in [2.45, 2.75) is 6.42 Å². The molecule has 0 aliphatic carbocycles. The van der Waals surface area contributed by atoms with Gasteiger partial charge in [-0.3, -0.25) is 4.79 Å². The number of rotatable bonds is 3. The second-order valence-corrected chi connectivity index (χ2v) is 5.53. The van der Waals surface area contributed by atoms with Gasteiger partial charge in [-0.1, -0.05) is 6.07 Å². The Morgan fingerprint density at radius 3 is 3.16 bits per heavy atom. The lowest BCUT2D eigenvalue weighted by Crippen LogP contribution is -2.39. The Morgan fingerprint density at radius 2 is 2.47 bits per heavy atom. The molecule has 2 atom stereocenters. The van der Waals surface area contributed by atoms with E-state index in [0.717, 1.165) is 19.5 Å². The number of carbonyl (C=O) groups is 1. The maximum Gasteiger partial charge on any atom is 0.228 e. The van der Waals surface area contributed by atoms with E-state index >= 15 is 0 Å². The molecule has 1 aromatic rings. The van der Waals surface area contributed by atoms with Crippen LogP contribution in [0.5, 0.6) is 5.88 Å². The van der Waals surface area contributed by atoms with Crippen LogP contribution in [0.4, 0.5) is 0 Å². The van der Waals surface area contributed by atoms with Crippen LogP contribution < -0.4 is 10.1 Å². The summed E-state index contributed by atoms with van der Waals surface area (Å²) in [5.41, 5.74) is -0.260. The summed E-state index contributed by atoms with van der Waals surface area (Å²) in [7, 11) is 2.07. The maximum atomic E-state index is 12.2. The minimum atomic E-state index is -0.260. The number of nitrogens with zero attached hydrogens (tertiary/aromatic N) is 2. The van der Waals surface area contributed by atoms with Gasteiger partial charge < -0.3 is 15.0 Å². The third kappa shape index (κ3) is 2.18. The number of ether oxygens (including phenoxy) is 1. The van der Waals surface area contributed by atoms with Crippen molar-refractivity contribution in [2.24, 2.45) is 11.3 Å². The number of hydrogen-bond acceptors (Lipinski definition) is 4. The molecule has 0 bridgehead atoms. The van der Waals surface area contributed by atoms with Crippen molar-refractivity contribution < 1.29 is 9.53 Å². The Morgan fingerprint density at radius 1 is 1.58 bits per heavy atom. The molecule has 5 heteroatoms. The van der Waals surface area contributed by atoms with Gasteiger partial charge in [-0.2, -0.15) is 0 Å². The van der Waals surface area contributed by atoms with Crippen LogP contribution in [-0.2, 0) is 4.79 Å². The van der Waals surface area contributed by atoms with Crippen LogP contribution in [0, 0.1) is 11.3 Å². The van der Waals surface area contributed by atoms with Crippen molar-refractivity contribution in [1.82, 2.24) is 15.2 Å². The fourth-order valence-corrected chi connectivity index (χ4v) is 3.16. The van der Waals surface area contributed by atoms with Crippen LogP contribution in [-0.4, -0.2) is 49.1 Å². The average molecular weight is 261 g/mol. The van der Waals surface area contributed by atoms with Crippen molar-refractivity contribution in [3.63, 3.8) is 0 Å². The molecule has 0 aromatic carbocycles. The number of aromatic nitrogens is 1. The molecule has 2 saturated heterocycles. The molecule has 3 rings (SSSR count). The normalized spacial score (nSPS) is 30.8. The minimum Gasteiger partial charge on any atom is -0.477 e. The first kappa shape index (κ1) is 12.4. The highest BCUT2D eigenvalue weighted by molar-refractivity contribution is 5.86. The number of nitrogens with one attached hydrogen (secondary N) is 1. The van der Waals surface area contributed by atoms with E-state index < -0.39 is 0 Å². The van der Waals surface area contributed by atoms with Crippen molar-refractivity contribution in [3.05, 3.63) is 24.4 Å². The summed E-state index contributed by atoms with van der Waals surface area (Å²) in [6.45, 7) is 3.06. The summed E-state index contributed by atoms with van der Waals surface area (Å²) in [6.07, 6.45) is 2.64. The third-order valence-electron chi connectivity index (χ3n) is 4.30. The molecule has 2 aliphatic heterocycles. The van der Waals surface area contributed by atoms with Crippen LogP contribution in [0.3, 0.4) is 0 Å². The summed E-state index contributed by atoms with van der Waals surface area (Å²) in [5, 5.41) is 2.99. The number of amides is 1. The molecule has 1 aromatic heterocycles. The SMILES string of the molecule is CN1CC[C@@]2(C1)C(=O)NC[C@@H]2COc1ccccn1. The number of likely N-dealkylation sites (tertiary alicyclic amines) is 1. The lowest BCUT2D eigenvalue weighted by molar-refractivity contribution is -0.128. The lowest BCUT2D eigenvalue weighted by Gasteiger charge is -2.27. The van der Waals surface area contributed by atoms with Gasteiger partial charge in [0.05, 0.1) is 12.0 Å². The predicted molar refractivity (Wildman–Crippen MR) is 70.8 cm³/mol. The molecule has 1 amide bonds. The number of pyridine rings is 1. The first-order valence-electron chi connectivity index (χ1n) is 6.71. The van der Waals surface area contributed by atoms with Crippen LogP contribution in [0.25, 0.3) is 0 Å². The summed E-state index contributed by atoms with van der Waals surface area (Å²) in [6, 6.07) is 5.61. The second-order valence-electron chi connectivity index (χ2n) is 5.53. The van der Waals surface area contributed by atoms with Gasteiger partial charge in [0, 0.05) is 31.3 Å². The third-order valence-corrected chi connectivity index (χ3v) is 4.30. The molecule has 1 N–H and O–H groups in total. The maximum absolute atomic E-state index is 12.2. The van der Waals surface area contributed by atoms with E-state index in [2.05, 4.69) is 22.2 Å². The van der Waals surface area contributed by atoms with Gasteiger partial charge in [-0.15, -0.1) is 0 Å². The zero-order valence-corrected chi connectivity index (χ0v) is 11.1. The Labute approximate surface area is 113 Å². The van der Waals surface area contributed by atoms with Gasteiger partial charge >= 0.3 is 0 Å². The molecule has 19 heavy (non-hydrogen) atoms. The number of hydrogen-bond donors (Lipinski definition) is 1.